The number of methoxy groups -OCH3 is 1. The van der Waals surface area contributed by atoms with Gasteiger partial charge >= 0.3 is 5.97 Å². The predicted molar refractivity (Wildman–Crippen MR) is 107 cm³/mol. The van der Waals surface area contributed by atoms with Crippen LogP contribution in [0.2, 0.25) is 5.02 Å². The van der Waals surface area contributed by atoms with Crippen LogP contribution in [-0.4, -0.2) is 29.0 Å². The molecule has 0 radical (unpaired) electrons. The molecule has 3 rings (SSSR count). The van der Waals surface area contributed by atoms with Gasteiger partial charge in [-0.15, -0.1) is 0 Å². The van der Waals surface area contributed by atoms with Crippen molar-refractivity contribution < 1.29 is 14.3 Å². The van der Waals surface area contributed by atoms with Crippen LogP contribution in [0.25, 0.3) is 0 Å². The van der Waals surface area contributed by atoms with Crippen molar-refractivity contribution >= 4 is 40.7 Å². The number of ether oxygens (including phenoxy) is 1. The van der Waals surface area contributed by atoms with Gasteiger partial charge in [-0.05, 0) is 36.8 Å². The molecule has 0 bridgehead atoms. The second-order valence-corrected chi connectivity index (χ2v) is 6.27. The van der Waals surface area contributed by atoms with Crippen molar-refractivity contribution in [3.05, 3.63) is 76.7 Å². The summed E-state index contributed by atoms with van der Waals surface area (Å²) in [6.07, 6.45) is 2.77. The number of anilines is 3. The highest BCUT2D eigenvalue weighted by Crippen LogP contribution is 2.26. The van der Waals surface area contributed by atoms with Gasteiger partial charge in [0, 0.05) is 5.69 Å². The van der Waals surface area contributed by atoms with Gasteiger partial charge in [0.1, 0.15) is 11.5 Å². The Kier molecular flexibility index (Phi) is 5.86. The molecule has 28 heavy (non-hydrogen) atoms. The smallest absolute Gasteiger partial charge is 0.337 e. The molecule has 0 fully saturated rings. The zero-order valence-electron chi connectivity index (χ0n) is 15.2. The Hall–Kier alpha value is -3.45. The Morgan fingerprint density at radius 3 is 2.50 bits per heavy atom. The van der Waals surface area contributed by atoms with Crippen molar-refractivity contribution in [2.75, 3.05) is 17.7 Å². The minimum absolute atomic E-state index is 0.170. The van der Waals surface area contributed by atoms with Crippen molar-refractivity contribution in [1.29, 1.82) is 0 Å². The molecule has 0 aliphatic carbocycles. The predicted octanol–water partition coefficient (Wildman–Crippen LogP) is 4.22. The number of para-hydroxylation sites is 1. The lowest BCUT2D eigenvalue weighted by atomic mass is 10.2. The van der Waals surface area contributed by atoms with E-state index in [1.165, 1.54) is 19.5 Å². The number of aryl methyl sites for hydroxylation is 1. The third-order valence-corrected chi connectivity index (χ3v) is 4.26. The standard InChI is InChI=1S/C20H17ClN4O3/c1-12-5-3-4-6-15(12)25-19(26)17-10-23-18(11-22-17)24-16-9-13(20(27)28-2)7-8-14(16)21/h3-11H,1-2H3,(H,23,24)(H,25,26). The molecule has 0 saturated heterocycles. The first kappa shape index (κ1) is 19.3. The summed E-state index contributed by atoms with van der Waals surface area (Å²) in [6, 6.07) is 12.1. The Balaban J connectivity index is 1.74. The van der Waals surface area contributed by atoms with Crippen LogP contribution in [0.1, 0.15) is 26.4 Å². The van der Waals surface area contributed by atoms with E-state index in [0.29, 0.717) is 27.8 Å². The van der Waals surface area contributed by atoms with Crippen LogP contribution in [0.15, 0.2) is 54.9 Å². The maximum Gasteiger partial charge on any atom is 0.337 e. The summed E-state index contributed by atoms with van der Waals surface area (Å²) in [5, 5.41) is 6.17. The molecule has 0 unspecified atom stereocenters. The average Bonchev–Trinajstić information content (AvgIpc) is 2.71. The largest absolute Gasteiger partial charge is 0.465 e. The van der Waals surface area contributed by atoms with E-state index in [2.05, 4.69) is 20.6 Å². The van der Waals surface area contributed by atoms with E-state index in [9.17, 15) is 9.59 Å². The fraction of sp³-hybridized carbons (Fsp3) is 0.100. The number of nitrogens with one attached hydrogen (secondary N) is 2. The average molecular weight is 397 g/mol. The molecule has 8 heteroatoms. The number of carbonyl (C=O) groups excluding carboxylic acids is 2. The van der Waals surface area contributed by atoms with Crippen LogP contribution < -0.4 is 10.6 Å². The first-order valence-electron chi connectivity index (χ1n) is 8.32. The van der Waals surface area contributed by atoms with Gasteiger partial charge in [0.2, 0.25) is 0 Å². The van der Waals surface area contributed by atoms with Gasteiger partial charge in [0.05, 0.1) is 35.8 Å². The zero-order valence-corrected chi connectivity index (χ0v) is 15.9. The van der Waals surface area contributed by atoms with Crippen LogP contribution in [-0.2, 0) is 4.74 Å². The zero-order chi connectivity index (χ0) is 20.1. The normalized spacial score (nSPS) is 10.2. The number of aromatic nitrogens is 2. The highest BCUT2D eigenvalue weighted by Gasteiger charge is 2.12. The molecule has 2 aromatic carbocycles. The number of carbonyl (C=O) groups is 2. The van der Waals surface area contributed by atoms with Crippen LogP contribution in [0.3, 0.4) is 0 Å². The molecule has 0 saturated carbocycles. The van der Waals surface area contributed by atoms with Gasteiger partial charge in [-0.3, -0.25) is 4.79 Å². The van der Waals surface area contributed by atoms with Gasteiger partial charge < -0.3 is 15.4 Å². The fourth-order valence-electron chi connectivity index (χ4n) is 2.41. The molecule has 1 heterocycles. The number of benzene rings is 2. The van der Waals surface area contributed by atoms with E-state index in [0.717, 1.165) is 5.56 Å². The third-order valence-electron chi connectivity index (χ3n) is 3.93. The molecule has 3 aromatic rings. The molecule has 0 aliphatic rings. The summed E-state index contributed by atoms with van der Waals surface area (Å²) >= 11 is 6.15. The second-order valence-electron chi connectivity index (χ2n) is 5.87. The Labute approximate surface area is 166 Å². The van der Waals surface area contributed by atoms with E-state index in [1.807, 2.05) is 31.2 Å². The first-order chi connectivity index (χ1) is 13.5. The molecule has 0 atom stereocenters. The van der Waals surface area contributed by atoms with Crippen molar-refractivity contribution in [1.82, 2.24) is 9.97 Å². The van der Waals surface area contributed by atoms with Crippen molar-refractivity contribution in [2.45, 2.75) is 6.92 Å². The van der Waals surface area contributed by atoms with E-state index >= 15 is 0 Å². The lowest BCUT2D eigenvalue weighted by Gasteiger charge is -2.10. The van der Waals surface area contributed by atoms with Crippen LogP contribution in [0.4, 0.5) is 17.2 Å². The highest BCUT2D eigenvalue weighted by molar-refractivity contribution is 6.33. The van der Waals surface area contributed by atoms with Crippen molar-refractivity contribution in [3.8, 4) is 0 Å². The quantitative estimate of drug-likeness (QED) is 0.627. The molecular formula is C20H17ClN4O3. The molecule has 1 aromatic heterocycles. The number of hydrogen-bond acceptors (Lipinski definition) is 6. The maximum atomic E-state index is 12.3. The number of esters is 1. The van der Waals surface area contributed by atoms with Crippen LogP contribution >= 0.6 is 11.6 Å². The summed E-state index contributed by atoms with van der Waals surface area (Å²) in [7, 11) is 1.30. The Bertz CT molecular complexity index is 1020. The summed E-state index contributed by atoms with van der Waals surface area (Å²) in [5.41, 5.74) is 2.64. The van der Waals surface area contributed by atoms with Gasteiger partial charge in [-0.1, -0.05) is 29.8 Å². The molecule has 2 N–H and O–H groups in total. The van der Waals surface area contributed by atoms with E-state index < -0.39 is 5.97 Å². The lowest BCUT2D eigenvalue weighted by Crippen LogP contribution is -2.15. The molecule has 7 nitrogen and oxygen atoms in total. The summed E-state index contributed by atoms with van der Waals surface area (Å²) in [4.78, 5) is 32.3. The summed E-state index contributed by atoms with van der Waals surface area (Å²) in [6.45, 7) is 1.90. The van der Waals surface area contributed by atoms with Gasteiger partial charge in [-0.2, -0.15) is 0 Å². The van der Waals surface area contributed by atoms with Gasteiger partial charge in [0.25, 0.3) is 5.91 Å². The molecular weight excluding hydrogens is 380 g/mol. The number of rotatable bonds is 5. The third kappa shape index (κ3) is 4.44. The Morgan fingerprint density at radius 1 is 1.04 bits per heavy atom. The second kappa shape index (κ2) is 8.49. The van der Waals surface area contributed by atoms with Crippen LogP contribution in [0, 0.1) is 6.92 Å². The van der Waals surface area contributed by atoms with Crippen molar-refractivity contribution in [2.24, 2.45) is 0 Å². The van der Waals surface area contributed by atoms with E-state index in [4.69, 9.17) is 16.3 Å². The molecule has 0 aliphatic heterocycles. The fourth-order valence-corrected chi connectivity index (χ4v) is 2.58. The monoisotopic (exact) mass is 396 g/mol. The SMILES string of the molecule is COC(=O)c1ccc(Cl)c(Nc2cnc(C(=O)Nc3ccccc3C)cn2)c1. The number of hydrogen-bond donors (Lipinski definition) is 2. The lowest BCUT2D eigenvalue weighted by molar-refractivity contribution is 0.0600. The van der Waals surface area contributed by atoms with Gasteiger partial charge in [-0.25, -0.2) is 14.8 Å². The first-order valence-corrected chi connectivity index (χ1v) is 8.69. The summed E-state index contributed by atoms with van der Waals surface area (Å²) in [5.74, 6) is -0.468. The van der Waals surface area contributed by atoms with E-state index in [-0.39, 0.29) is 11.6 Å². The molecule has 0 spiro atoms. The topological polar surface area (TPSA) is 93.2 Å². The Morgan fingerprint density at radius 2 is 1.82 bits per heavy atom. The minimum atomic E-state index is -0.478. The number of nitrogens with zero attached hydrogens (tertiary/aromatic N) is 2. The number of halogens is 1. The summed E-state index contributed by atoms with van der Waals surface area (Å²) < 4.78 is 4.70. The molecule has 1 amide bonds. The van der Waals surface area contributed by atoms with Crippen LogP contribution in [0.5, 0.6) is 0 Å². The number of amides is 1. The van der Waals surface area contributed by atoms with Gasteiger partial charge in [0.15, 0.2) is 0 Å². The molecule has 142 valence electrons. The minimum Gasteiger partial charge on any atom is -0.465 e. The highest BCUT2D eigenvalue weighted by atomic mass is 35.5. The van der Waals surface area contributed by atoms with E-state index in [1.54, 1.807) is 18.2 Å². The maximum absolute atomic E-state index is 12.3. The van der Waals surface area contributed by atoms with Crippen molar-refractivity contribution in [3.63, 3.8) is 0 Å².